The number of nitrogens with one attached hydrogen (secondary N) is 2. The molecule has 0 saturated carbocycles. The lowest BCUT2D eigenvalue weighted by atomic mass is 9.94. The van der Waals surface area contributed by atoms with Gasteiger partial charge in [-0.25, -0.2) is 9.07 Å². The molecule has 0 fully saturated rings. The van der Waals surface area contributed by atoms with Gasteiger partial charge >= 0.3 is 0 Å². The highest BCUT2D eigenvalue weighted by molar-refractivity contribution is 6.06. The first-order chi connectivity index (χ1) is 15.0. The monoisotopic (exact) mass is 423 g/mol. The number of nitrogens with zero attached hydrogens (tertiary/aromatic N) is 3. The van der Waals surface area contributed by atoms with Gasteiger partial charge < -0.3 is 20.1 Å². The van der Waals surface area contributed by atoms with Crippen LogP contribution in [0.4, 0.5) is 16.0 Å². The number of methoxy groups -OCH3 is 1. The highest BCUT2D eigenvalue weighted by Crippen LogP contribution is 2.38. The van der Waals surface area contributed by atoms with E-state index in [1.807, 2.05) is 19.1 Å². The van der Waals surface area contributed by atoms with Crippen molar-refractivity contribution in [3.05, 3.63) is 71.4 Å². The molecule has 1 aliphatic rings. The van der Waals surface area contributed by atoms with Gasteiger partial charge in [0.2, 0.25) is 5.95 Å². The van der Waals surface area contributed by atoms with Crippen molar-refractivity contribution in [2.75, 3.05) is 24.4 Å². The third-order valence-corrected chi connectivity index (χ3v) is 4.94. The number of fused-ring (bicyclic) bond motifs is 1. The number of carbonyl (C=O) groups is 1. The Morgan fingerprint density at radius 2 is 2.00 bits per heavy atom. The molecule has 0 bridgehead atoms. The van der Waals surface area contributed by atoms with Gasteiger partial charge in [-0.05, 0) is 55.8 Å². The van der Waals surface area contributed by atoms with Gasteiger partial charge in [-0.2, -0.15) is 10.1 Å². The molecule has 31 heavy (non-hydrogen) atoms. The number of anilines is 2. The van der Waals surface area contributed by atoms with Crippen LogP contribution in [0.3, 0.4) is 0 Å². The zero-order valence-corrected chi connectivity index (χ0v) is 17.3. The lowest BCUT2D eigenvalue weighted by molar-refractivity contribution is -0.113. The molecule has 3 aromatic rings. The fourth-order valence-corrected chi connectivity index (χ4v) is 3.55. The highest BCUT2D eigenvalue weighted by atomic mass is 19.1. The lowest BCUT2D eigenvalue weighted by Crippen LogP contribution is -2.31. The van der Waals surface area contributed by atoms with E-state index in [-0.39, 0.29) is 11.7 Å². The number of carbonyl (C=O) groups excluding carboxylic acids is 1. The number of hydrogen-bond donors (Lipinski definition) is 2. The van der Waals surface area contributed by atoms with Crippen molar-refractivity contribution in [1.82, 2.24) is 14.8 Å². The van der Waals surface area contributed by atoms with Gasteiger partial charge in [0.25, 0.3) is 5.91 Å². The van der Waals surface area contributed by atoms with Crippen LogP contribution in [0.15, 0.2) is 60.1 Å². The Hall–Kier alpha value is -3.88. The summed E-state index contributed by atoms with van der Waals surface area (Å²) in [6, 6.07) is 10.5. The zero-order chi connectivity index (χ0) is 22.0. The molecule has 2 heterocycles. The van der Waals surface area contributed by atoms with Crippen molar-refractivity contribution in [1.29, 1.82) is 0 Å². The molecule has 4 rings (SSSR count). The fraction of sp³-hybridized carbons (Fsp3) is 0.227. The quantitative estimate of drug-likeness (QED) is 0.628. The number of benzene rings is 2. The van der Waals surface area contributed by atoms with E-state index >= 15 is 0 Å². The molecule has 2 aromatic carbocycles. The molecule has 1 aromatic heterocycles. The Morgan fingerprint density at radius 1 is 1.23 bits per heavy atom. The van der Waals surface area contributed by atoms with E-state index < -0.39 is 6.04 Å². The van der Waals surface area contributed by atoms with Crippen molar-refractivity contribution in [2.45, 2.75) is 19.9 Å². The van der Waals surface area contributed by atoms with E-state index in [1.165, 1.54) is 30.6 Å². The highest BCUT2D eigenvalue weighted by Gasteiger charge is 2.34. The molecule has 0 spiro atoms. The minimum Gasteiger partial charge on any atom is -0.493 e. The van der Waals surface area contributed by atoms with Gasteiger partial charge in [0.1, 0.15) is 18.2 Å². The van der Waals surface area contributed by atoms with Crippen LogP contribution in [0, 0.1) is 5.82 Å². The summed E-state index contributed by atoms with van der Waals surface area (Å²) in [7, 11) is 1.56. The molecular weight excluding hydrogens is 401 g/mol. The normalized spacial score (nSPS) is 15.2. The Labute approximate surface area is 178 Å². The summed E-state index contributed by atoms with van der Waals surface area (Å²) in [6.07, 6.45) is 1.43. The second-order valence-corrected chi connectivity index (χ2v) is 6.90. The molecule has 0 unspecified atom stereocenters. The van der Waals surface area contributed by atoms with Crippen LogP contribution in [0.5, 0.6) is 11.5 Å². The number of hydrogen-bond acceptors (Lipinski definition) is 6. The zero-order valence-electron chi connectivity index (χ0n) is 17.3. The van der Waals surface area contributed by atoms with Crippen LogP contribution in [0.1, 0.15) is 25.5 Å². The number of amides is 1. The van der Waals surface area contributed by atoms with Gasteiger partial charge in [-0.15, -0.1) is 0 Å². The standard InChI is InChI=1S/C22H22FN5O3/c1-4-31-17-10-5-14(11-18(17)30-3)20-19(13(2)26-22-24-12-25-28(20)22)21(29)27-16-8-6-15(23)7-9-16/h5-12,20H,4H2,1-3H3,(H,27,29)(H,24,25,26)/t20-/m0/s1. The smallest absolute Gasteiger partial charge is 0.255 e. The van der Waals surface area contributed by atoms with Crippen LogP contribution in [-0.2, 0) is 4.79 Å². The van der Waals surface area contributed by atoms with Crippen molar-refractivity contribution in [3.63, 3.8) is 0 Å². The summed E-state index contributed by atoms with van der Waals surface area (Å²) in [5.41, 5.74) is 2.35. The van der Waals surface area contributed by atoms with Gasteiger partial charge in [0.05, 0.1) is 19.3 Å². The van der Waals surface area contributed by atoms with Gasteiger partial charge in [-0.1, -0.05) is 6.07 Å². The molecule has 0 saturated heterocycles. The third-order valence-electron chi connectivity index (χ3n) is 4.94. The van der Waals surface area contributed by atoms with Crippen molar-refractivity contribution < 1.29 is 18.7 Å². The summed E-state index contributed by atoms with van der Waals surface area (Å²) < 4.78 is 26.0. The predicted octanol–water partition coefficient (Wildman–Crippen LogP) is 3.75. The number of ether oxygens (including phenoxy) is 2. The maximum absolute atomic E-state index is 13.3. The summed E-state index contributed by atoms with van der Waals surface area (Å²) >= 11 is 0. The van der Waals surface area contributed by atoms with E-state index in [9.17, 15) is 9.18 Å². The van der Waals surface area contributed by atoms with Crippen LogP contribution in [0.25, 0.3) is 0 Å². The molecule has 1 amide bonds. The van der Waals surface area contributed by atoms with E-state index in [0.29, 0.717) is 41.0 Å². The number of aromatic nitrogens is 3. The van der Waals surface area contributed by atoms with Gasteiger partial charge in [0.15, 0.2) is 11.5 Å². The number of halogens is 1. The largest absolute Gasteiger partial charge is 0.493 e. The molecule has 1 atom stereocenters. The van der Waals surface area contributed by atoms with Gasteiger partial charge in [-0.3, -0.25) is 4.79 Å². The maximum atomic E-state index is 13.3. The van der Waals surface area contributed by atoms with E-state index in [0.717, 1.165) is 5.56 Å². The Kier molecular flexibility index (Phi) is 5.57. The molecule has 9 heteroatoms. The molecule has 1 aliphatic heterocycles. The molecule has 160 valence electrons. The summed E-state index contributed by atoms with van der Waals surface area (Å²) in [5.74, 6) is 0.971. The number of allylic oxidation sites excluding steroid dienone is 1. The van der Waals surface area contributed by atoms with Crippen LogP contribution in [-0.4, -0.2) is 34.4 Å². The SMILES string of the molecule is CCOc1ccc([C@H]2C(C(=O)Nc3ccc(F)cc3)=C(C)Nc3ncnn32)cc1OC. The summed E-state index contributed by atoms with van der Waals surface area (Å²) in [6.45, 7) is 4.20. The second-order valence-electron chi connectivity index (χ2n) is 6.90. The molecular formula is C22H22FN5O3. The first kappa shape index (κ1) is 20.4. The first-order valence-corrected chi connectivity index (χ1v) is 9.76. The Balaban J connectivity index is 1.76. The van der Waals surface area contributed by atoms with Crippen LogP contribution < -0.4 is 20.1 Å². The topological polar surface area (TPSA) is 90.3 Å². The fourth-order valence-electron chi connectivity index (χ4n) is 3.55. The van der Waals surface area contributed by atoms with Crippen molar-refractivity contribution >= 4 is 17.5 Å². The molecule has 2 N–H and O–H groups in total. The minimum atomic E-state index is -0.552. The average Bonchev–Trinajstić information content (AvgIpc) is 3.23. The maximum Gasteiger partial charge on any atom is 0.255 e. The van der Waals surface area contributed by atoms with E-state index in [2.05, 4.69) is 20.7 Å². The van der Waals surface area contributed by atoms with E-state index in [4.69, 9.17) is 9.47 Å². The lowest BCUT2D eigenvalue weighted by Gasteiger charge is -2.29. The number of rotatable bonds is 6. The average molecular weight is 423 g/mol. The van der Waals surface area contributed by atoms with E-state index in [1.54, 1.807) is 24.8 Å². The summed E-state index contributed by atoms with van der Waals surface area (Å²) in [4.78, 5) is 17.5. The minimum absolute atomic E-state index is 0.337. The van der Waals surface area contributed by atoms with Gasteiger partial charge in [0, 0.05) is 11.4 Å². The van der Waals surface area contributed by atoms with Crippen molar-refractivity contribution in [3.8, 4) is 11.5 Å². The second kappa shape index (κ2) is 8.47. The first-order valence-electron chi connectivity index (χ1n) is 9.76. The predicted molar refractivity (Wildman–Crippen MR) is 114 cm³/mol. The molecule has 8 nitrogen and oxygen atoms in total. The van der Waals surface area contributed by atoms with Crippen molar-refractivity contribution in [2.24, 2.45) is 0 Å². The Bertz CT molecular complexity index is 1140. The Morgan fingerprint density at radius 3 is 2.71 bits per heavy atom. The van der Waals surface area contributed by atoms with Crippen LogP contribution >= 0.6 is 0 Å². The third kappa shape index (κ3) is 3.94. The molecule has 0 aliphatic carbocycles. The molecule has 0 radical (unpaired) electrons. The van der Waals surface area contributed by atoms with Crippen LogP contribution in [0.2, 0.25) is 0 Å². The summed E-state index contributed by atoms with van der Waals surface area (Å²) in [5, 5.41) is 10.3.